The number of allylic oxidation sites excluding steroid dienone is 1. The molecule has 1 spiro atoms. The monoisotopic (exact) mass is 909 g/mol. The van der Waals surface area contributed by atoms with E-state index in [0.29, 0.717) is 36.2 Å². The van der Waals surface area contributed by atoms with Crippen molar-refractivity contribution in [2.24, 2.45) is 22.7 Å². The van der Waals surface area contributed by atoms with Crippen molar-refractivity contribution in [1.29, 1.82) is 0 Å². The van der Waals surface area contributed by atoms with Gasteiger partial charge in [0.15, 0.2) is 11.8 Å². The average Bonchev–Trinajstić information content (AvgIpc) is 3.53. The largest absolute Gasteiger partial charge is 0.460 e. The number of fused-ring (bicyclic) bond motifs is 7. The molecule has 4 saturated heterocycles. The molecule has 4 aliphatic heterocycles. The quantitative estimate of drug-likeness (QED) is 0.177. The maximum absolute atomic E-state index is 14.8. The highest BCUT2D eigenvalue weighted by molar-refractivity contribution is 5.94. The number of esters is 2. The summed E-state index contributed by atoms with van der Waals surface area (Å²) in [5.74, 6) is -1.59. The van der Waals surface area contributed by atoms with Crippen molar-refractivity contribution >= 4 is 29.8 Å². The average molecular weight is 910 g/mol. The lowest BCUT2D eigenvalue weighted by atomic mass is 9.52. The minimum Gasteiger partial charge on any atom is -0.460 e. The molecule has 14 nitrogen and oxygen atoms in total. The van der Waals surface area contributed by atoms with Gasteiger partial charge >= 0.3 is 11.9 Å². The van der Waals surface area contributed by atoms with E-state index in [0.717, 1.165) is 41.5 Å². The van der Waals surface area contributed by atoms with Crippen LogP contribution >= 0.6 is 0 Å². The highest BCUT2D eigenvalue weighted by Gasteiger charge is 2.76. The Bertz CT molecular complexity index is 2250. The van der Waals surface area contributed by atoms with Crippen LogP contribution in [0.1, 0.15) is 122 Å². The second-order valence-corrected chi connectivity index (χ2v) is 22.4. The summed E-state index contributed by atoms with van der Waals surface area (Å²) >= 11 is 0. The van der Waals surface area contributed by atoms with E-state index in [1.54, 1.807) is 25.8 Å². The third kappa shape index (κ3) is 8.42. The number of carbonyl (C=O) groups is 4. The van der Waals surface area contributed by atoms with Gasteiger partial charge in [-0.1, -0.05) is 74.0 Å². The summed E-state index contributed by atoms with van der Waals surface area (Å²) < 4.78 is 31.4. The summed E-state index contributed by atoms with van der Waals surface area (Å²) in [6.45, 7) is 12.2. The zero-order chi connectivity index (χ0) is 46.4. The number of hydrogen-bond donors (Lipinski definition) is 3. The number of aliphatic hydroxyl groups is 1. The molecule has 8 aliphatic rings. The Balaban J connectivity index is 0.859. The molecule has 66 heavy (non-hydrogen) atoms. The number of carbonyl (C=O) groups excluding carboxylic acids is 4. The van der Waals surface area contributed by atoms with E-state index >= 15 is 0 Å². The second-order valence-electron chi connectivity index (χ2n) is 22.4. The van der Waals surface area contributed by atoms with Crippen LogP contribution in [0.25, 0.3) is 6.08 Å². The molecular formula is C52H67N3O11. The van der Waals surface area contributed by atoms with Crippen molar-refractivity contribution in [3.05, 3.63) is 76.4 Å². The first-order valence-corrected chi connectivity index (χ1v) is 24.3. The molecule has 0 aromatic heterocycles. The van der Waals surface area contributed by atoms with Crippen molar-refractivity contribution in [3.63, 3.8) is 0 Å². The van der Waals surface area contributed by atoms with E-state index in [4.69, 9.17) is 28.5 Å². The molecule has 2 aromatic rings. The van der Waals surface area contributed by atoms with Crippen LogP contribution in [0.2, 0.25) is 0 Å². The Morgan fingerprint density at radius 2 is 1.68 bits per heavy atom. The number of hydrogen-bond acceptors (Lipinski definition) is 12. The van der Waals surface area contributed by atoms with Gasteiger partial charge in [-0.3, -0.25) is 24.0 Å². The highest BCUT2D eigenvalue weighted by Crippen LogP contribution is 2.61. The van der Waals surface area contributed by atoms with Crippen LogP contribution in [0.15, 0.2) is 54.1 Å². The molecule has 14 heteroatoms. The molecule has 356 valence electrons. The van der Waals surface area contributed by atoms with Crippen LogP contribution in [0.4, 0.5) is 0 Å². The fourth-order valence-electron chi connectivity index (χ4n) is 12.7. The molecule has 2 aromatic carbocycles. The molecule has 0 radical (unpaired) electrons. The van der Waals surface area contributed by atoms with Gasteiger partial charge in [-0.2, -0.15) is 5.06 Å². The van der Waals surface area contributed by atoms with E-state index in [9.17, 15) is 24.3 Å². The number of nitrogens with one attached hydrogen (secondary N) is 2. The minimum absolute atomic E-state index is 0.0254. The number of benzene rings is 2. The molecule has 3 saturated carbocycles. The first-order chi connectivity index (χ1) is 31.4. The maximum Gasteiger partial charge on any atom is 0.327 e. The van der Waals surface area contributed by atoms with Gasteiger partial charge in [0.2, 0.25) is 11.8 Å². The van der Waals surface area contributed by atoms with Crippen LogP contribution in [0.5, 0.6) is 0 Å². The molecule has 2 bridgehead atoms. The van der Waals surface area contributed by atoms with E-state index < -0.39 is 77.1 Å². The first kappa shape index (κ1) is 45.6. The molecule has 4 aliphatic carbocycles. The lowest BCUT2D eigenvalue weighted by Gasteiger charge is -2.53. The molecule has 11 atom stereocenters. The third-order valence-corrected chi connectivity index (χ3v) is 16.1. The third-order valence-electron chi connectivity index (χ3n) is 16.1. The number of rotatable bonds is 12. The van der Waals surface area contributed by atoms with Crippen molar-refractivity contribution in [1.82, 2.24) is 15.7 Å². The molecule has 4 heterocycles. The van der Waals surface area contributed by atoms with E-state index in [1.807, 2.05) is 12.1 Å². The Hall–Kier alpha value is -4.18. The first-order valence-electron chi connectivity index (χ1n) is 24.3. The SMILES string of the molecule is CC(C)(C)OC(=O)CCC(CO)NC(=O)CCNC(=O)C12CC3OC(=O)C1N(Cc1ccc(C=C4CCC5OC5(C)CCC5C4CC5(C)C)cc1)OC2C1OC2(Cc4ccccc4C2)OC31. The normalized spacial score (nSPS) is 35.4. The Morgan fingerprint density at radius 3 is 2.38 bits per heavy atom. The van der Waals surface area contributed by atoms with Gasteiger partial charge in [-0.05, 0) is 106 Å². The van der Waals surface area contributed by atoms with Gasteiger partial charge in [-0.25, -0.2) is 0 Å². The van der Waals surface area contributed by atoms with Gasteiger partial charge in [0.1, 0.15) is 35.4 Å². The zero-order valence-electron chi connectivity index (χ0n) is 39.3. The van der Waals surface area contributed by atoms with Crippen LogP contribution in [-0.4, -0.2) is 107 Å². The van der Waals surface area contributed by atoms with Crippen LogP contribution in [0.3, 0.4) is 0 Å². The number of amides is 2. The standard InChI is InChI=1S/C52H67N3O11/c1-48(2,3)63-41(58)18-16-35(29-56)54-40(57)20-22-53-47(60)52-27-38-42-43(65-51(64-42)24-33-9-7-8-10-34(33)25-51)45(52)66-55(44(52)46(59)61-38)28-31-13-11-30(12-14-31)23-32-15-17-39-50(6,62-39)21-19-37-36(32)26-49(37,4)5/h7-14,23,35-39,42-45,56H,15-22,24-29H2,1-6H3,(H,53,60)(H,54,57). The molecule has 3 N–H and O–H groups in total. The maximum atomic E-state index is 14.8. The number of hydroxylamine groups is 2. The Kier molecular flexibility index (Phi) is 11.6. The summed E-state index contributed by atoms with van der Waals surface area (Å²) in [4.78, 5) is 61.4. The molecular weight excluding hydrogens is 843 g/mol. The number of nitrogens with zero attached hydrogens (tertiary/aromatic N) is 1. The van der Waals surface area contributed by atoms with Gasteiger partial charge in [0.05, 0.1) is 30.9 Å². The summed E-state index contributed by atoms with van der Waals surface area (Å²) in [5, 5.41) is 17.3. The highest BCUT2D eigenvalue weighted by atomic mass is 16.8. The van der Waals surface area contributed by atoms with E-state index in [-0.39, 0.29) is 51.0 Å². The lowest BCUT2D eigenvalue weighted by molar-refractivity contribution is -0.217. The van der Waals surface area contributed by atoms with E-state index in [2.05, 4.69) is 73.9 Å². The molecule has 11 unspecified atom stereocenters. The molecule has 2 amide bonds. The fourth-order valence-corrected chi connectivity index (χ4v) is 12.7. The summed E-state index contributed by atoms with van der Waals surface area (Å²) in [6.07, 6.45) is 6.62. The topological polar surface area (TPSA) is 174 Å². The summed E-state index contributed by atoms with van der Waals surface area (Å²) in [6, 6.07) is 14.8. The van der Waals surface area contributed by atoms with Crippen LogP contribution in [-0.2, 0) is 67.1 Å². The summed E-state index contributed by atoms with van der Waals surface area (Å²) in [5.41, 5.74) is 4.09. The van der Waals surface area contributed by atoms with Crippen LogP contribution < -0.4 is 10.6 Å². The van der Waals surface area contributed by atoms with Gasteiger partial charge in [-0.15, -0.1) is 0 Å². The Morgan fingerprint density at radius 1 is 0.955 bits per heavy atom. The number of ether oxygens (including phenoxy) is 5. The predicted molar refractivity (Wildman–Crippen MR) is 241 cm³/mol. The van der Waals surface area contributed by atoms with Gasteiger partial charge in [0, 0.05) is 38.6 Å². The van der Waals surface area contributed by atoms with Crippen molar-refractivity contribution in [2.45, 2.75) is 178 Å². The van der Waals surface area contributed by atoms with Gasteiger partial charge in [0.25, 0.3) is 0 Å². The molecule has 10 rings (SSSR count). The van der Waals surface area contributed by atoms with Crippen LogP contribution in [0, 0.1) is 22.7 Å². The fraction of sp³-hybridized carbons (Fsp3) is 0.654. The number of epoxide rings is 1. The van der Waals surface area contributed by atoms with Crippen molar-refractivity contribution < 1.29 is 52.8 Å². The number of aliphatic hydroxyl groups excluding tert-OH is 1. The van der Waals surface area contributed by atoms with E-state index in [1.165, 1.54) is 18.4 Å². The van der Waals surface area contributed by atoms with Crippen molar-refractivity contribution in [2.75, 3.05) is 13.2 Å². The van der Waals surface area contributed by atoms with Gasteiger partial charge < -0.3 is 39.4 Å². The smallest absolute Gasteiger partial charge is 0.327 e. The second kappa shape index (κ2) is 16.8. The Labute approximate surface area is 387 Å². The zero-order valence-corrected chi connectivity index (χ0v) is 39.3. The lowest BCUT2D eigenvalue weighted by Crippen LogP contribution is -2.69. The predicted octanol–water partition coefficient (Wildman–Crippen LogP) is 5.65. The minimum atomic E-state index is -1.41. The summed E-state index contributed by atoms with van der Waals surface area (Å²) in [7, 11) is 0. The molecule has 7 fully saturated rings. The van der Waals surface area contributed by atoms with Crippen molar-refractivity contribution in [3.8, 4) is 0 Å².